The Kier molecular flexibility index (Phi) is 13.5. The van der Waals surface area contributed by atoms with Crippen molar-refractivity contribution in [2.24, 2.45) is 5.41 Å². The molecule has 230 valence electrons. The predicted molar refractivity (Wildman–Crippen MR) is 163 cm³/mol. The topological polar surface area (TPSA) is 145 Å². The molecule has 1 aromatic rings. The number of nitrogens with zero attached hydrogens (tertiary/aromatic N) is 1. The highest BCUT2D eigenvalue weighted by molar-refractivity contribution is 8.10. The summed E-state index contributed by atoms with van der Waals surface area (Å²) in [5.41, 5.74) is 5.16. The molecule has 0 bridgehead atoms. The van der Waals surface area contributed by atoms with Crippen molar-refractivity contribution in [3.8, 4) is 0 Å². The fourth-order valence-corrected chi connectivity index (χ4v) is 5.15. The van der Waals surface area contributed by atoms with E-state index in [0.717, 1.165) is 21.6 Å². The van der Waals surface area contributed by atoms with Gasteiger partial charge in [-0.25, -0.2) is 0 Å². The van der Waals surface area contributed by atoms with Crippen molar-refractivity contribution in [3.05, 3.63) is 58.7 Å². The summed E-state index contributed by atoms with van der Waals surface area (Å²) in [6, 6.07) is 6.00. The van der Waals surface area contributed by atoms with Gasteiger partial charge in [0.05, 0.1) is 25.7 Å². The number of thioether (sulfide) groups is 1. The maximum Gasteiger partial charge on any atom is 0.305 e. The van der Waals surface area contributed by atoms with Gasteiger partial charge < -0.3 is 30.5 Å². The Morgan fingerprint density at radius 2 is 1.81 bits per heavy atom. The van der Waals surface area contributed by atoms with Crippen LogP contribution in [0.5, 0.6) is 0 Å². The molecule has 2 rings (SSSR count). The lowest BCUT2D eigenvalue weighted by atomic mass is 9.85. The molecule has 1 aliphatic rings. The zero-order valence-electron chi connectivity index (χ0n) is 25.1. The highest BCUT2D eigenvalue weighted by Crippen LogP contribution is 2.31. The van der Waals surface area contributed by atoms with E-state index in [1.54, 1.807) is 26.2 Å². The standard InChI is InChI=1S/C31H43N3O7S/c1-7-16-42-27(20(2)3)22-10-8-21(9-11-22)18-32-29(39)24-17-23(35)19-34(24)30(40)28(31(4,5)6)33-25(36)12-14-41-15-13-26(37)38/h8-11,16,23-24,28,35H,1,12-15,17-19H2,2-6H3,(H,32,39)(H,33,36)(H,37,38)/t23-,24?,28-/m1/s1. The van der Waals surface area contributed by atoms with Crippen molar-refractivity contribution in [1.82, 2.24) is 15.5 Å². The van der Waals surface area contributed by atoms with Gasteiger partial charge in [0.25, 0.3) is 0 Å². The minimum absolute atomic E-state index is 0.0129. The molecule has 0 radical (unpaired) electrons. The van der Waals surface area contributed by atoms with Crippen molar-refractivity contribution < 1.29 is 34.1 Å². The van der Waals surface area contributed by atoms with Gasteiger partial charge in [0, 0.05) is 36.2 Å². The molecular formula is C31H43N3O7S. The van der Waals surface area contributed by atoms with E-state index in [9.17, 15) is 24.3 Å². The largest absolute Gasteiger partial charge is 0.481 e. The molecular weight excluding hydrogens is 558 g/mol. The number of aliphatic carboxylic acids is 1. The van der Waals surface area contributed by atoms with E-state index in [1.807, 2.05) is 38.1 Å². The van der Waals surface area contributed by atoms with Crippen LogP contribution in [0.25, 0.3) is 4.91 Å². The van der Waals surface area contributed by atoms with Crippen LogP contribution in [-0.4, -0.2) is 76.7 Å². The Morgan fingerprint density at radius 1 is 1.17 bits per heavy atom. The predicted octanol–water partition coefficient (Wildman–Crippen LogP) is 3.46. The first-order chi connectivity index (χ1) is 19.7. The summed E-state index contributed by atoms with van der Waals surface area (Å²) in [7, 11) is 0. The smallest absolute Gasteiger partial charge is 0.305 e. The molecule has 0 saturated carbocycles. The fourth-order valence-electron chi connectivity index (χ4n) is 4.44. The first kappa shape index (κ1) is 34.8. The van der Waals surface area contributed by atoms with E-state index in [0.29, 0.717) is 0 Å². The second-order valence-electron chi connectivity index (χ2n) is 11.5. The second kappa shape index (κ2) is 16.3. The lowest BCUT2D eigenvalue weighted by molar-refractivity contribution is -0.144. The van der Waals surface area contributed by atoms with Crippen LogP contribution in [0.2, 0.25) is 0 Å². The number of hydrogen-bond donors (Lipinski definition) is 4. The molecule has 11 heteroatoms. The number of amides is 3. The summed E-state index contributed by atoms with van der Waals surface area (Å²) < 4.78 is 5.18. The molecule has 1 saturated heterocycles. The highest BCUT2D eigenvalue weighted by atomic mass is 32.2. The van der Waals surface area contributed by atoms with Gasteiger partial charge in [-0.1, -0.05) is 69.0 Å². The zero-order chi connectivity index (χ0) is 31.4. The number of nitrogens with one attached hydrogen (secondary N) is 2. The number of rotatable bonds is 14. The van der Waals surface area contributed by atoms with Crippen LogP contribution in [0.15, 0.2) is 47.6 Å². The summed E-state index contributed by atoms with van der Waals surface area (Å²) in [5, 5.41) is 26.5. The van der Waals surface area contributed by atoms with Crippen LogP contribution in [0.3, 0.4) is 0 Å². The van der Waals surface area contributed by atoms with Crippen molar-refractivity contribution in [3.63, 3.8) is 0 Å². The Bertz CT molecular complexity index is 1200. The van der Waals surface area contributed by atoms with Crippen molar-refractivity contribution in [1.29, 1.82) is 0 Å². The monoisotopic (exact) mass is 601 g/mol. The SMILES string of the molecule is C=C=CSC(=C(C)C)c1ccc(CNC(=O)C2C[C@@H](O)CN2C(=O)[C@@H](NC(=O)CCOCCC(=O)O)C(C)(C)C)cc1. The summed E-state index contributed by atoms with van der Waals surface area (Å²) in [5.74, 6) is -2.26. The molecule has 0 spiro atoms. The molecule has 1 aliphatic heterocycles. The lowest BCUT2D eigenvalue weighted by Crippen LogP contribution is -2.57. The number of carboxylic acids is 1. The normalized spacial score (nSPS) is 17.1. The summed E-state index contributed by atoms with van der Waals surface area (Å²) >= 11 is 1.54. The number of carbonyl (C=O) groups is 4. The van der Waals surface area contributed by atoms with Crippen LogP contribution >= 0.6 is 11.8 Å². The summed E-state index contributed by atoms with van der Waals surface area (Å²) in [6.07, 6.45) is -0.992. The van der Waals surface area contributed by atoms with Gasteiger partial charge in [-0.15, -0.1) is 5.73 Å². The molecule has 1 fully saturated rings. The molecule has 0 aromatic heterocycles. The zero-order valence-corrected chi connectivity index (χ0v) is 25.9. The van der Waals surface area contributed by atoms with Gasteiger partial charge in [-0.05, 0) is 30.4 Å². The molecule has 3 atom stereocenters. The van der Waals surface area contributed by atoms with Gasteiger partial charge in [0.15, 0.2) is 0 Å². The Labute approximate surface area is 252 Å². The number of likely N-dealkylation sites (tertiary alicyclic amines) is 1. The van der Waals surface area contributed by atoms with Crippen LogP contribution in [0.4, 0.5) is 0 Å². The average Bonchev–Trinajstić information content (AvgIpc) is 3.31. The number of hydrogen-bond acceptors (Lipinski definition) is 7. The Hall–Kier alpha value is -3.37. The molecule has 4 N–H and O–H groups in total. The van der Waals surface area contributed by atoms with E-state index < -0.39 is 41.4 Å². The maximum absolute atomic E-state index is 13.7. The van der Waals surface area contributed by atoms with E-state index in [2.05, 4.69) is 22.9 Å². The maximum atomic E-state index is 13.7. The third-order valence-electron chi connectivity index (χ3n) is 6.61. The molecule has 42 heavy (non-hydrogen) atoms. The van der Waals surface area contributed by atoms with E-state index in [1.165, 1.54) is 16.7 Å². The molecule has 10 nitrogen and oxygen atoms in total. The van der Waals surface area contributed by atoms with E-state index >= 15 is 0 Å². The molecule has 1 unspecified atom stereocenters. The van der Waals surface area contributed by atoms with Crippen LogP contribution < -0.4 is 10.6 Å². The Balaban J connectivity index is 2.05. The average molecular weight is 602 g/mol. The quantitative estimate of drug-likeness (QED) is 0.187. The number of allylic oxidation sites excluding steroid dienone is 1. The van der Waals surface area contributed by atoms with E-state index in [-0.39, 0.29) is 51.5 Å². The number of aliphatic hydroxyl groups excluding tert-OH is 1. The lowest BCUT2D eigenvalue weighted by Gasteiger charge is -2.35. The second-order valence-corrected chi connectivity index (χ2v) is 12.3. The number of carboxylic acid groups (broad SMARTS) is 1. The summed E-state index contributed by atoms with van der Waals surface area (Å²) in [4.78, 5) is 52.5. The third kappa shape index (κ3) is 10.8. The Morgan fingerprint density at radius 3 is 2.38 bits per heavy atom. The third-order valence-corrected chi connectivity index (χ3v) is 7.78. The van der Waals surface area contributed by atoms with Crippen molar-refractivity contribution >= 4 is 40.4 Å². The molecule has 1 aromatic carbocycles. The van der Waals surface area contributed by atoms with Gasteiger partial charge in [0.2, 0.25) is 17.7 Å². The minimum atomic E-state index is -0.993. The number of carbonyl (C=O) groups excluding carboxylic acids is 3. The number of ether oxygens (including phenoxy) is 1. The van der Waals surface area contributed by atoms with Gasteiger partial charge in [-0.3, -0.25) is 19.2 Å². The van der Waals surface area contributed by atoms with Gasteiger partial charge in [-0.2, -0.15) is 0 Å². The molecule has 1 heterocycles. The molecule has 0 aliphatic carbocycles. The number of aliphatic hydroxyl groups is 1. The van der Waals surface area contributed by atoms with E-state index in [4.69, 9.17) is 9.84 Å². The first-order valence-electron chi connectivity index (χ1n) is 13.9. The number of β-amino-alcohol motifs (C(OH)–C–C–N with tert-alkyl or cyclic N) is 1. The minimum Gasteiger partial charge on any atom is -0.481 e. The first-order valence-corrected chi connectivity index (χ1v) is 14.8. The summed E-state index contributed by atoms with van der Waals surface area (Å²) in [6.45, 7) is 13.3. The van der Waals surface area contributed by atoms with Crippen LogP contribution in [-0.2, 0) is 30.5 Å². The highest BCUT2D eigenvalue weighted by Gasteiger charge is 2.44. The fraction of sp³-hybridized carbons (Fsp3) is 0.516. The van der Waals surface area contributed by atoms with Crippen molar-refractivity contribution in [2.75, 3.05) is 19.8 Å². The number of benzene rings is 1. The molecule has 3 amide bonds. The van der Waals surface area contributed by atoms with Crippen LogP contribution in [0, 0.1) is 5.41 Å². The van der Waals surface area contributed by atoms with Crippen molar-refractivity contribution in [2.45, 2.75) is 78.6 Å². The van der Waals surface area contributed by atoms with Crippen LogP contribution in [0.1, 0.15) is 65.0 Å². The van der Waals surface area contributed by atoms with Gasteiger partial charge >= 0.3 is 5.97 Å². The van der Waals surface area contributed by atoms with Gasteiger partial charge in [0.1, 0.15) is 12.1 Å².